The summed E-state index contributed by atoms with van der Waals surface area (Å²) in [4.78, 5) is 12.1. The highest BCUT2D eigenvalue weighted by atomic mass is 16.5. The van der Waals surface area contributed by atoms with E-state index in [-0.39, 0.29) is 11.3 Å². The Balaban J connectivity index is 1.75. The minimum absolute atomic E-state index is 0.0746. The van der Waals surface area contributed by atoms with Crippen molar-refractivity contribution >= 4 is 5.91 Å². The van der Waals surface area contributed by atoms with Gasteiger partial charge in [-0.2, -0.15) is 0 Å². The molecule has 0 bridgehead atoms. The number of benzene rings is 1. The molecule has 2 rings (SSSR count). The van der Waals surface area contributed by atoms with E-state index >= 15 is 0 Å². The van der Waals surface area contributed by atoms with Crippen LogP contribution in [0.25, 0.3) is 0 Å². The van der Waals surface area contributed by atoms with Crippen LogP contribution in [0.1, 0.15) is 60.3 Å². The summed E-state index contributed by atoms with van der Waals surface area (Å²) in [7, 11) is 0. The Morgan fingerprint density at radius 2 is 1.88 bits per heavy atom. The smallest absolute Gasteiger partial charge is 0.244 e. The predicted octanol–water partition coefficient (Wildman–Crippen LogP) is 7.10. The minimum Gasteiger partial charge on any atom is -0.494 e. The van der Waals surface area contributed by atoms with Gasteiger partial charge >= 0.3 is 0 Å². The van der Waals surface area contributed by atoms with Crippen molar-refractivity contribution in [2.75, 3.05) is 13.2 Å². The van der Waals surface area contributed by atoms with E-state index in [2.05, 4.69) is 51.2 Å². The molecule has 1 aromatic rings. The first-order valence-electron chi connectivity index (χ1n) is 11.7. The molecule has 3 nitrogen and oxygen atoms in total. The number of amides is 1. The van der Waals surface area contributed by atoms with Gasteiger partial charge in [-0.15, -0.1) is 0 Å². The fourth-order valence-electron chi connectivity index (χ4n) is 3.93. The van der Waals surface area contributed by atoms with Gasteiger partial charge in [0.15, 0.2) is 0 Å². The van der Waals surface area contributed by atoms with E-state index in [4.69, 9.17) is 4.74 Å². The number of para-hydroxylation sites is 1. The topological polar surface area (TPSA) is 38.3 Å². The predicted molar refractivity (Wildman–Crippen MR) is 136 cm³/mol. The molecule has 0 fully saturated rings. The Morgan fingerprint density at radius 3 is 2.59 bits per heavy atom. The van der Waals surface area contributed by atoms with Gasteiger partial charge in [0.1, 0.15) is 5.75 Å². The second-order valence-electron chi connectivity index (χ2n) is 9.23. The summed E-state index contributed by atoms with van der Waals surface area (Å²) in [6.07, 6.45) is 16.7. The van der Waals surface area contributed by atoms with Gasteiger partial charge in [-0.1, -0.05) is 73.6 Å². The molecule has 1 aromatic carbocycles. The largest absolute Gasteiger partial charge is 0.494 e. The molecule has 1 aliphatic rings. The third-order valence-corrected chi connectivity index (χ3v) is 5.76. The quantitative estimate of drug-likeness (QED) is 0.243. The van der Waals surface area contributed by atoms with Crippen molar-refractivity contribution < 1.29 is 9.53 Å². The van der Waals surface area contributed by atoms with Crippen molar-refractivity contribution in [3.63, 3.8) is 0 Å². The molecule has 32 heavy (non-hydrogen) atoms. The van der Waals surface area contributed by atoms with Crippen LogP contribution in [-0.2, 0) is 4.79 Å². The van der Waals surface area contributed by atoms with E-state index in [0.717, 1.165) is 17.7 Å². The highest BCUT2D eigenvalue weighted by Gasteiger charge is 2.26. The minimum atomic E-state index is -0.0746. The fourth-order valence-corrected chi connectivity index (χ4v) is 3.93. The fraction of sp³-hybridized carbons (Fsp3) is 0.414. The summed E-state index contributed by atoms with van der Waals surface area (Å²) >= 11 is 0. The number of carbonyl (C=O) groups excluding carboxylic acids is 1. The maximum atomic E-state index is 12.1. The van der Waals surface area contributed by atoms with E-state index in [1.807, 2.05) is 49.4 Å². The molecular weight excluding hydrogens is 394 g/mol. The summed E-state index contributed by atoms with van der Waals surface area (Å²) < 4.78 is 5.63. The second kappa shape index (κ2) is 12.9. The summed E-state index contributed by atoms with van der Waals surface area (Å²) in [6, 6.07) is 9.71. The van der Waals surface area contributed by atoms with Gasteiger partial charge in [0.25, 0.3) is 0 Å². The number of hydrogen-bond donors (Lipinski definition) is 1. The summed E-state index contributed by atoms with van der Waals surface area (Å²) in [5.74, 6) is 0.779. The van der Waals surface area contributed by atoms with Crippen LogP contribution >= 0.6 is 0 Å². The zero-order valence-corrected chi connectivity index (χ0v) is 20.4. The third-order valence-electron chi connectivity index (χ3n) is 5.76. The van der Waals surface area contributed by atoms with E-state index in [1.54, 1.807) is 6.08 Å². The summed E-state index contributed by atoms with van der Waals surface area (Å²) in [6.45, 7) is 12.2. The van der Waals surface area contributed by atoms with Crippen molar-refractivity contribution in [3.8, 4) is 5.75 Å². The molecule has 0 spiro atoms. The van der Waals surface area contributed by atoms with Gasteiger partial charge in [-0.25, -0.2) is 0 Å². The van der Waals surface area contributed by atoms with Crippen LogP contribution in [0, 0.1) is 5.41 Å². The number of carbonyl (C=O) groups is 1. The number of hydrogen-bond acceptors (Lipinski definition) is 2. The first-order chi connectivity index (χ1) is 15.3. The van der Waals surface area contributed by atoms with Gasteiger partial charge < -0.3 is 10.1 Å². The molecule has 0 radical (unpaired) electrons. The molecule has 1 aliphatic carbocycles. The zero-order valence-electron chi connectivity index (χ0n) is 20.4. The number of nitrogens with one attached hydrogen (secondary N) is 1. The van der Waals surface area contributed by atoms with Crippen LogP contribution in [0.3, 0.4) is 0 Å². The molecular formula is C29H39NO2. The van der Waals surface area contributed by atoms with Crippen LogP contribution in [0.15, 0.2) is 89.1 Å². The van der Waals surface area contributed by atoms with Crippen LogP contribution in [0.2, 0.25) is 0 Å². The lowest BCUT2D eigenvalue weighted by Gasteiger charge is -2.32. The van der Waals surface area contributed by atoms with Gasteiger partial charge in [-0.05, 0) is 75.1 Å². The monoisotopic (exact) mass is 433 g/mol. The Kier molecular flexibility index (Phi) is 10.3. The zero-order chi connectivity index (χ0) is 23.4. The van der Waals surface area contributed by atoms with Crippen molar-refractivity contribution in [2.24, 2.45) is 5.41 Å². The lowest BCUT2D eigenvalue weighted by molar-refractivity contribution is -0.116. The van der Waals surface area contributed by atoms with E-state index in [1.165, 1.54) is 36.0 Å². The maximum absolute atomic E-state index is 12.1. The van der Waals surface area contributed by atoms with Crippen LogP contribution < -0.4 is 10.1 Å². The molecule has 1 N–H and O–H groups in total. The van der Waals surface area contributed by atoms with Crippen LogP contribution in [0.4, 0.5) is 0 Å². The van der Waals surface area contributed by atoms with E-state index in [0.29, 0.717) is 13.2 Å². The standard InChI is InChI=1S/C29H39NO2/c1-23(17-18-27-25(3)14-10-19-29(27,4)5)12-9-13-24(2)22-28(31)30-20-11-21-32-26-15-7-6-8-16-26/h6-9,12-13,15-18,22H,10-11,14,19-21H2,1-5H3,(H,30,31)/b13-9+,18-17+,23-12+,24-22+. The molecule has 1 amide bonds. The van der Waals surface area contributed by atoms with Gasteiger partial charge in [0.2, 0.25) is 5.91 Å². The Bertz CT molecular complexity index is 898. The van der Waals surface area contributed by atoms with E-state index in [9.17, 15) is 4.79 Å². The Labute approximate surface area is 194 Å². The average Bonchev–Trinajstić information content (AvgIpc) is 2.73. The lowest BCUT2D eigenvalue weighted by Crippen LogP contribution is -2.23. The normalized spacial score (nSPS) is 17.3. The molecule has 0 atom stereocenters. The van der Waals surface area contributed by atoms with Gasteiger partial charge in [-0.3, -0.25) is 4.79 Å². The first kappa shape index (κ1) is 25.5. The number of ether oxygens (including phenoxy) is 1. The van der Waals surface area contributed by atoms with Crippen LogP contribution in [0.5, 0.6) is 5.75 Å². The molecule has 0 unspecified atom stereocenters. The average molecular weight is 434 g/mol. The van der Waals surface area contributed by atoms with Crippen molar-refractivity contribution in [2.45, 2.75) is 60.3 Å². The van der Waals surface area contributed by atoms with Crippen molar-refractivity contribution in [1.29, 1.82) is 0 Å². The summed E-state index contributed by atoms with van der Waals surface area (Å²) in [5.41, 5.74) is 5.36. The molecule has 0 saturated heterocycles. The molecule has 0 heterocycles. The number of rotatable bonds is 10. The molecule has 0 aromatic heterocycles. The SMILES string of the molecule is CC1=C(/C=C/C(C)=C/C=C/C(C)=C/C(=O)NCCCOc2ccccc2)C(C)(C)CCC1. The van der Waals surface area contributed by atoms with Crippen molar-refractivity contribution in [3.05, 3.63) is 89.1 Å². The highest BCUT2D eigenvalue weighted by molar-refractivity contribution is 5.88. The second-order valence-corrected chi connectivity index (χ2v) is 9.23. The molecule has 3 heteroatoms. The van der Waals surface area contributed by atoms with Gasteiger partial charge in [0, 0.05) is 12.6 Å². The first-order valence-corrected chi connectivity index (χ1v) is 11.7. The lowest BCUT2D eigenvalue weighted by atomic mass is 9.72. The van der Waals surface area contributed by atoms with Gasteiger partial charge in [0.05, 0.1) is 6.61 Å². The Morgan fingerprint density at radius 1 is 1.12 bits per heavy atom. The van der Waals surface area contributed by atoms with E-state index < -0.39 is 0 Å². The number of allylic oxidation sites excluding steroid dienone is 9. The molecule has 0 saturated carbocycles. The molecule has 0 aliphatic heterocycles. The maximum Gasteiger partial charge on any atom is 0.244 e. The highest BCUT2D eigenvalue weighted by Crippen LogP contribution is 2.40. The van der Waals surface area contributed by atoms with Crippen molar-refractivity contribution in [1.82, 2.24) is 5.32 Å². The third kappa shape index (κ3) is 9.13. The Hall–Kier alpha value is -2.81. The molecule has 172 valence electrons. The van der Waals surface area contributed by atoms with Crippen LogP contribution in [-0.4, -0.2) is 19.1 Å². The summed E-state index contributed by atoms with van der Waals surface area (Å²) in [5, 5.41) is 2.91.